The van der Waals surface area contributed by atoms with Gasteiger partial charge in [0.15, 0.2) is 11.5 Å². The van der Waals surface area contributed by atoms with Crippen molar-refractivity contribution >= 4 is 12.0 Å². The lowest BCUT2D eigenvalue weighted by molar-refractivity contribution is -0.156. The van der Waals surface area contributed by atoms with E-state index < -0.39 is 18.2 Å². The number of ether oxygens (including phenoxy) is 3. The fourth-order valence-corrected chi connectivity index (χ4v) is 3.92. The largest absolute Gasteiger partial charge is 0.490 e. The summed E-state index contributed by atoms with van der Waals surface area (Å²) in [4.78, 5) is 11.8. The van der Waals surface area contributed by atoms with Gasteiger partial charge in [-0.25, -0.2) is 4.39 Å². The molecule has 1 N–H and O–H groups in total. The third-order valence-electron chi connectivity index (χ3n) is 5.33. The molecule has 5 nitrogen and oxygen atoms in total. The first-order valence-corrected chi connectivity index (χ1v) is 11.1. The number of hydrogen-bond donors (Lipinski definition) is 1. The van der Waals surface area contributed by atoms with Crippen LogP contribution >= 0.6 is 0 Å². The predicted molar refractivity (Wildman–Crippen MR) is 122 cm³/mol. The molecule has 3 rings (SSSR count). The minimum absolute atomic E-state index is 0.0138. The number of halogens is 1. The van der Waals surface area contributed by atoms with Crippen molar-refractivity contribution in [1.29, 1.82) is 0 Å². The van der Waals surface area contributed by atoms with Crippen LogP contribution < -0.4 is 9.47 Å². The van der Waals surface area contributed by atoms with E-state index in [9.17, 15) is 14.3 Å². The summed E-state index contributed by atoms with van der Waals surface area (Å²) in [7, 11) is 0. The van der Waals surface area contributed by atoms with Gasteiger partial charge in [0.2, 0.25) is 0 Å². The van der Waals surface area contributed by atoms with Crippen LogP contribution in [0.2, 0.25) is 0 Å². The molecule has 1 aliphatic heterocycles. The molecule has 1 fully saturated rings. The summed E-state index contributed by atoms with van der Waals surface area (Å²) >= 11 is 0. The van der Waals surface area contributed by atoms with Gasteiger partial charge in [-0.2, -0.15) is 0 Å². The van der Waals surface area contributed by atoms with Crippen LogP contribution in [0, 0.1) is 5.82 Å². The van der Waals surface area contributed by atoms with Gasteiger partial charge in [-0.05, 0) is 60.7 Å². The minimum atomic E-state index is -0.716. The first-order valence-electron chi connectivity index (χ1n) is 11.1. The highest BCUT2D eigenvalue weighted by Crippen LogP contribution is 2.45. The molecule has 0 aliphatic carbocycles. The van der Waals surface area contributed by atoms with Crippen molar-refractivity contribution in [2.45, 2.75) is 58.7 Å². The average molecular weight is 443 g/mol. The summed E-state index contributed by atoms with van der Waals surface area (Å²) in [5.41, 5.74) is 3.49. The number of hydrogen-bond acceptors (Lipinski definition) is 5. The van der Waals surface area contributed by atoms with Crippen LogP contribution in [-0.2, 0) is 9.53 Å². The summed E-state index contributed by atoms with van der Waals surface area (Å²) in [5.74, 6) is 0.642. The van der Waals surface area contributed by atoms with E-state index in [4.69, 9.17) is 14.2 Å². The van der Waals surface area contributed by atoms with E-state index in [2.05, 4.69) is 13.8 Å². The Bertz CT molecular complexity index is 965. The van der Waals surface area contributed by atoms with Crippen LogP contribution in [0.1, 0.15) is 57.6 Å². The molecule has 2 aromatic rings. The van der Waals surface area contributed by atoms with Crippen molar-refractivity contribution in [3.63, 3.8) is 0 Å². The van der Waals surface area contributed by atoms with Crippen LogP contribution in [0.15, 0.2) is 36.4 Å². The topological polar surface area (TPSA) is 65.0 Å². The maximum absolute atomic E-state index is 13.7. The van der Waals surface area contributed by atoms with Crippen molar-refractivity contribution in [3.8, 4) is 22.6 Å². The molecule has 0 radical (unpaired) electrons. The third kappa shape index (κ3) is 5.49. The molecule has 0 unspecified atom stereocenters. The Morgan fingerprint density at radius 1 is 1.19 bits per heavy atom. The average Bonchev–Trinajstić information content (AvgIpc) is 2.73. The van der Waals surface area contributed by atoms with Gasteiger partial charge in [0.1, 0.15) is 11.9 Å². The number of aliphatic hydroxyl groups is 1. The number of benzene rings is 2. The van der Waals surface area contributed by atoms with Crippen LogP contribution in [-0.4, -0.2) is 36.5 Å². The Labute approximate surface area is 188 Å². The van der Waals surface area contributed by atoms with E-state index >= 15 is 0 Å². The van der Waals surface area contributed by atoms with Crippen molar-refractivity contribution < 1.29 is 28.5 Å². The van der Waals surface area contributed by atoms with Gasteiger partial charge in [0.25, 0.3) is 0 Å². The zero-order chi connectivity index (χ0) is 23.3. The molecular formula is C26H31FO5. The monoisotopic (exact) mass is 442 g/mol. The first-order chi connectivity index (χ1) is 15.3. The van der Waals surface area contributed by atoms with Gasteiger partial charge in [-0.3, -0.25) is 4.79 Å². The number of cyclic esters (lactones) is 1. The molecule has 2 atom stereocenters. The number of carbonyl (C=O) groups excluding carboxylic acids is 1. The summed E-state index contributed by atoms with van der Waals surface area (Å²) in [6.45, 7) is 8.90. The molecule has 172 valence electrons. The molecule has 6 heteroatoms. The van der Waals surface area contributed by atoms with Crippen molar-refractivity contribution in [3.05, 3.63) is 53.4 Å². The van der Waals surface area contributed by atoms with Crippen LogP contribution in [0.25, 0.3) is 17.2 Å². The number of aliphatic hydroxyl groups excluding tert-OH is 1. The molecule has 1 heterocycles. The van der Waals surface area contributed by atoms with Crippen molar-refractivity contribution in [2.24, 2.45) is 0 Å². The molecule has 32 heavy (non-hydrogen) atoms. The lowest BCUT2D eigenvalue weighted by Crippen LogP contribution is -2.31. The van der Waals surface area contributed by atoms with Crippen molar-refractivity contribution in [1.82, 2.24) is 0 Å². The van der Waals surface area contributed by atoms with E-state index in [0.717, 1.165) is 22.3 Å². The fraction of sp³-hybridized carbons (Fsp3) is 0.423. The fourth-order valence-electron chi connectivity index (χ4n) is 3.92. The molecule has 0 saturated carbocycles. The molecule has 1 aliphatic rings. The summed E-state index contributed by atoms with van der Waals surface area (Å²) in [6.07, 6.45) is 2.83. The third-order valence-corrected chi connectivity index (χ3v) is 5.33. The van der Waals surface area contributed by atoms with Gasteiger partial charge >= 0.3 is 5.97 Å². The quantitative estimate of drug-likeness (QED) is 0.548. The second-order valence-corrected chi connectivity index (χ2v) is 8.09. The Balaban J connectivity index is 2.22. The van der Waals surface area contributed by atoms with Crippen molar-refractivity contribution in [2.75, 3.05) is 13.2 Å². The number of esters is 1. The maximum atomic E-state index is 13.7. The molecule has 0 spiro atoms. The molecule has 0 amide bonds. The predicted octanol–water partition coefficient (Wildman–Crippen LogP) is 5.49. The highest BCUT2D eigenvalue weighted by atomic mass is 19.1. The van der Waals surface area contributed by atoms with E-state index in [1.165, 1.54) is 12.1 Å². The second kappa shape index (κ2) is 10.6. The molecule has 0 aromatic heterocycles. The van der Waals surface area contributed by atoms with Gasteiger partial charge in [-0.1, -0.05) is 32.1 Å². The highest BCUT2D eigenvalue weighted by molar-refractivity contribution is 5.85. The van der Waals surface area contributed by atoms with E-state index in [1.807, 2.05) is 26.0 Å². The Hall–Kier alpha value is -2.86. The smallest absolute Gasteiger partial charge is 0.309 e. The summed E-state index contributed by atoms with van der Waals surface area (Å²) in [6, 6.07) is 8.25. The molecule has 0 bridgehead atoms. The minimum Gasteiger partial charge on any atom is -0.490 e. The second-order valence-electron chi connectivity index (χ2n) is 8.09. The van der Waals surface area contributed by atoms with Gasteiger partial charge in [0, 0.05) is 12.0 Å². The lowest BCUT2D eigenvalue weighted by atomic mass is 9.88. The Kier molecular flexibility index (Phi) is 7.91. The van der Waals surface area contributed by atoms with E-state index in [-0.39, 0.29) is 18.2 Å². The van der Waals surface area contributed by atoms with E-state index in [1.54, 1.807) is 18.2 Å². The molecule has 1 saturated heterocycles. The van der Waals surface area contributed by atoms with Gasteiger partial charge < -0.3 is 19.3 Å². The summed E-state index contributed by atoms with van der Waals surface area (Å²) < 4.78 is 31.0. The van der Waals surface area contributed by atoms with E-state index in [0.29, 0.717) is 31.1 Å². The highest BCUT2D eigenvalue weighted by Gasteiger charge is 2.26. The Morgan fingerprint density at radius 3 is 2.47 bits per heavy atom. The SMILES string of the molecule is CCOc1cc(C(C)C)c(C=C[C@@H]2C[C@@H](O)CC(=O)O2)c(-c2ccc(F)cc2)c1OCC. The molecule has 2 aromatic carbocycles. The normalized spacial score (nSPS) is 18.8. The summed E-state index contributed by atoms with van der Waals surface area (Å²) in [5, 5.41) is 9.95. The van der Waals surface area contributed by atoms with Gasteiger partial charge in [0.05, 0.1) is 25.7 Å². The maximum Gasteiger partial charge on any atom is 0.309 e. The zero-order valence-corrected chi connectivity index (χ0v) is 19.1. The van der Waals surface area contributed by atoms with Crippen LogP contribution in [0.3, 0.4) is 0 Å². The number of rotatable bonds is 8. The van der Waals surface area contributed by atoms with Gasteiger partial charge in [-0.15, -0.1) is 0 Å². The van der Waals surface area contributed by atoms with Crippen LogP contribution in [0.5, 0.6) is 11.5 Å². The lowest BCUT2D eigenvalue weighted by Gasteiger charge is -2.25. The zero-order valence-electron chi connectivity index (χ0n) is 19.1. The first kappa shape index (κ1) is 23.8. The standard InChI is InChI=1S/C26H31FO5/c1-5-30-23-15-22(16(3)4)21(12-11-20-13-19(28)14-24(29)32-20)25(26(23)31-6-2)17-7-9-18(27)10-8-17/h7-12,15-16,19-20,28H,5-6,13-14H2,1-4H3/t19-,20-/m1/s1. The van der Waals surface area contributed by atoms with Crippen LogP contribution in [0.4, 0.5) is 4.39 Å². The Morgan fingerprint density at radius 2 is 1.88 bits per heavy atom. The molecular weight excluding hydrogens is 411 g/mol. The number of carbonyl (C=O) groups is 1.